The number of alkyl halides is 3. The minimum Gasteiger partial charge on any atom is -0.484 e. The van der Waals surface area contributed by atoms with Crippen molar-refractivity contribution in [2.75, 3.05) is 11.9 Å². The van der Waals surface area contributed by atoms with Crippen LogP contribution in [0.4, 0.5) is 23.2 Å². The van der Waals surface area contributed by atoms with Crippen LogP contribution in [0, 0.1) is 17.1 Å². The van der Waals surface area contributed by atoms with E-state index in [2.05, 4.69) is 15.7 Å². The first kappa shape index (κ1) is 25.3. The van der Waals surface area contributed by atoms with Crippen LogP contribution < -0.4 is 15.4 Å². The highest BCUT2D eigenvalue weighted by molar-refractivity contribution is 6.07. The summed E-state index contributed by atoms with van der Waals surface area (Å²) in [6, 6.07) is 10.3. The molecule has 0 radical (unpaired) electrons. The average molecular weight is 527 g/mol. The lowest BCUT2D eigenvalue weighted by atomic mass is 9.89. The smallest absolute Gasteiger partial charge is 0.422 e. The summed E-state index contributed by atoms with van der Waals surface area (Å²) in [7, 11) is 0. The molecule has 12 heteroatoms. The van der Waals surface area contributed by atoms with E-state index in [9.17, 15) is 27.2 Å². The highest BCUT2D eigenvalue weighted by Gasteiger charge is 2.46. The van der Waals surface area contributed by atoms with Crippen LogP contribution in [0.25, 0.3) is 11.3 Å². The molecule has 1 spiro atoms. The summed E-state index contributed by atoms with van der Waals surface area (Å²) in [5, 5.41) is 19.3. The highest BCUT2D eigenvalue weighted by atomic mass is 19.4. The zero-order valence-electron chi connectivity index (χ0n) is 20.1. The quantitative estimate of drug-likeness (QED) is 0.477. The van der Waals surface area contributed by atoms with Gasteiger partial charge in [0.25, 0.3) is 5.91 Å². The molecule has 0 saturated heterocycles. The lowest BCUT2D eigenvalue weighted by molar-refractivity contribution is -0.153. The van der Waals surface area contributed by atoms with Gasteiger partial charge in [-0.15, -0.1) is 0 Å². The first-order valence-electron chi connectivity index (χ1n) is 11.8. The molecule has 2 heterocycles. The fourth-order valence-corrected chi connectivity index (χ4v) is 4.96. The summed E-state index contributed by atoms with van der Waals surface area (Å²) in [4.78, 5) is 25.8. The highest BCUT2D eigenvalue weighted by Crippen LogP contribution is 2.44. The molecular weight excluding hydrogens is 506 g/mol. The Hall–Kier alpha value is -4.40. The van der Waals surface area contributed by atoms with Gasteiger partial charge in [-0.2, -0.15) is 23.5 Å². The monoisotopic (exact) mass is 527 g/mol. The predicted octanol–water partition coefficient (Wildman–Crippen LogP) is 4.44. The number of aryl methyl sites for hydroxylation is 1. The summed E-state index contributed by atoms with van der Waals surface area (Å²) in [6.45, 7) is 0.413. The molecule has 2 aliphatic rings. The number of nitrogens with zero attached hydrogens (tertiary/aromatic N) is 3. The molecule has 0 fully saturated rings. The topological polar surface area (TPSA) is 109 Å². The van der Waals surface area contributed by atoms with Crippen molar-refractivity contribution in [3.05, 3.63) is 64.6 Å². The van der Waals surface area contributed by atoms with E-state index in [0.717, 1.165) is 17.2 Å². The summed E-state index contributed by atoms with van der Waals surface area (Å²) < 4.78 is 58.4. The molecule has 1 aromatic heterocycles. The number of amides is 2. The van der Waals surface area contributed by atoms with Crippen LogP contribution in [0.3, 0.4) is 0 Å². The van der Waals surface area contributed by atoms with Gasteiger partial charge in [-0.25, -0.2) is 4.39 Å². The van der Waals surface area contributed by atoms with E-state index in [1.165, 1.54) is 22.9 Å². The number of ether oxygens (including phenoxy) is 1. The number of carbonyl (C=O) groups is 2. The van der Waals surface area contributed by atoms with Crippen molar-refractivity contribution in [2.45, 2.75) is 44.4 Å². The number of hydrogen-bond acceptors (Lipinski definition) is 5. The minimum atomic E-state index is -4.46. The maximum Gasteiger partial charge on any atom is 0.422 e. The molecule has 38 heavy (non-hydrogen) atoms. The van der Waals surface area contributed by atoms with Gasteiger partial charge in [-0.3, -0.25) is 14.3 Å². The lowest BCUT2D eigenvalue weighted by Gasteiger charge is -2.36. The Morgan fingerprint density at radius 3 is 2.76 bits per heavy atom. The number of halogens is 4. The number of aromatic nitrogens is 2. The normalized spacial score (nSPS) is 17.9. The second-order valence-corrected chi connectivity index (χ2v) is 9.20. The SMILES string of the molecule is CCC(=O)Nc1c(-c2ccc(C#N)c(F)c2)nn2c1C(=O)N[C@]1(CCc3cc(OCC(F)(F)F)ccc31)C2. The Bertz CT molecular complexity index is 1510. The van der Waals surface area contributed by atoms with Crippen molar-refractivity contribution in [3.63, 3.8) is 0 Å². The number of anilines is 1. The Kier molecular flexibility index (Phi) is 6.09. The molecule has 1 aliphatic carbocycles. The molecular formula is C26H21F4N5O3. The van der Waals surface area contributed by atoms with Crippen molar-refractivity contribution < 1.29 is 31.9 Å². The number of carbonyl (C=O) groups excluding carboxylic acids is 2. The summed E-state index contributed by atoms with van der Waals surface area (Å²) >= 11 is 0. The van der Waals surface area contributed by atoms with Gasteiger partial charge >= 0.3 is 6.18 Å². The standard InChI is InChI=1S/C26H21F4N5O3/c1-2-20(36)32-22-21(15-3-4-16(11-31)19(27)10-15)34-35-12-25(33-24(37)23(22)35)8-7-14-9-17(5-6-18(14)25)38-13-26(28,29)30/h3-6,9-10H,2,7-8,12-13H2,1H3,(H,32,36)(H,33,37)/t25-/m1/s1. The average Bonchev–Trinajstić information content (AvgIpc) is 3.40. The molecule has 3 aromatic rings. The van der Waals surface area contributed by atoms with E-state index in [1.54, 1.807) is 25.1 Å². The summed E-state index contributed by atoms with van der Waals surface area (Å²) in [6.07, 6.45) is -3.38. The largest absolute Gasteiger partial charge is 0.484 e. The third kappa shape index (κ3) is 4.44. The maximum absolute atomic E-state index is 14.4. The number of fused-ring (bicyclic) bond motifs is 3. The van der Waals surface area contributed by atoms with Crippen molar-refractivity contribution in [3.8, 4) is 23.1 Å². The number of benzene rings is 2. The fourth-order valence-electron chi connectivity index (χ4n) is 4.96. The van der Waals surface area contributed by atoms with Crippen LogP contribution in [0.2, 0.25) is 0 Å². The van der Waals surface area contributed by atoms with E-state index >= 15 is 0 Å². The van der Waals surface area contributed by atoms with Gasteiger partial charge in [0.15, 0.2) is 12.3 Å². The minimum absolute atomic E-state index is 0.0785. The third-order valence-electron chi connectivity index (χ3n) is 6.70. The third-order valence-corrected chi connectivity index (χ3v) is 6.70. The van der Waals surface area contributed by atoms with Crippen molar-refractivity contribution >= 4 is 17.5 Å². The van der Waals surface area contributed by atoms with E-state index in [4.69, 9.17) is 10.00 Å². The van der Waals surface area contributed by atoms with Crippen LogP contribution in [0.5, 0.6) is 5.75 Å². The second-order valence-electron chi connectivity index (χ2n) is 9.20. The molecule has 2 N–H and O–H groups in total. The number of nitriles is 1. The number of hydrogen-bond donors (Lipinski definition) is 2. The van der Waals surface area contributed by atoms with Gasteiger partial charge in [0.05, 0.1) is 17.6 Å². The van der Waals surface area contributed by atoms with E-state index in [-0.39, 0.29) is 52.8 Å². The molecule has 0 unspecified atom stereocenters. The second kappa shape index (κ2) is 9.16. The van der Waals surface area contributed by atoms with Gasteiger partial charge in [-0.1, -0.05) is 19.1 Å². The van der Waals surface area contributed by atoms with Gasteiger partial charge in [0, 0.05) is 12.0 Å². The van der Waals surface area contributed by atoms with Crippen LogP contribution in [-0.4, -0.2) is 34.4 Å². The van der Waals surface area contributed by atoms with Crippen LogP contribution >= 0.6 is 0 Å². The molecule has 196 valence electrons. The zero-order valence-corrected chi connectivity index (χ0v) is 20.1. The Labute approximate surface area is 214 Å². The molecule has 1 atom stereocenters. The first-order valence-corrected chi connectivity index (χ1v) is 11.8. The summed E-state index contributed by atoms with van der Waals surface area (Å²) in [5.41, 5.74) is 1.10. The van der Waals surface area contributed by atoms with E-state index < -0.39 is 30.0 Å². The number of rotatable bonds is 5. The fraction of sp³-hybridized carbons (Fsp3) is 0.308. The molecule has 2 aromatic carbocycles. The Morgan fingerprint density at radius 1 is 1.29 bits per heavy atom. The molecule has 0 bridgehead atoms. The van der Waals surface area contributed by atoms with Gasteiger partial charge in [0.2, 0.25) is 5.91 Å². The first-order chi connectivity index (χ1) is 18.0. The van der Waals surface area contributed by atoms with Gasteiger partial charge in [0.1, 0.15) is 29.0 Å². The Morgan fingerprint density at radius 2 is 2.08 bits per heavy atom. The molecule has 1 aliphatic heterocycles. The molecule has 2 amide bonds. The molecule has 5 rings (SSSR count). The zero-order chi connectivity index (χ0) is 27.2. The van der Waals surface area contributed by atoms with Crippen molar-refractivity contribution in [2.24, 2.45) is 0 Å². The van der Waals surface area contributed by atoms with Crippen LogP contribution in [0.1, 0.15) is 46.9 Å². The number of nitrogens with one attached hydrogen (secondary N) is 2. The van der Waals surface area contributed by atoms with E-state index in [0.29, 0.717) is 12.8 Å². The molecule has 8 nitrogen and oxygen atoms in total. The van der Waals surface area contributed by atoms with Crippen LogP contribution in [-0.2, 0) is 23.3 Å². The Balaban J connectivity index is 1.54. The predicted molar refractivity (Wildman–Crippen MR) is 127 cm³/mol. The van der Waals surface area contributed by atoms with Gasteiger partial charge < -0.3 is 15.4 Å². The van der Waals surface area contributed by atoms with E-state index in [1.807, 2.05) is 0 Å². The molecule has 0 saturated carbocycles. The maximum atomic E-state index is 14.4. The van der Waals surface area contributed by atoms with Crippen molar-refractivity contribution in [1.29, 1.82) is 5.26 Å². The van der Waals surface area contributed by atoms with Crippen LogP contribution in [0.15, 0.2) is 36.4 Å². The summed E-state index contributed by atoms with van der Waals surface area (Å²) in [5.74, 6) is -1.57. The van der Waals surface area contributed by atoms with Gasteiger partial charge in [-0.05, 0) is 48.2 Å². The lowest BCUT2D eigenvalue weighted by Crippen LogP contribution is -2.52. The van der Waals surface area contributed by atoms with Crippen molar-refractivity contribution in [1.82, 2.24) is 15.1 Å².